The molecule has 3 heterocycles. The van der Waals surface area contributed by atoms with E-state index in [2.05, 4.69) is 11.4 Å². The molecule has 1 saturated heterocycles. The van der Waals surface area contributed by atoms with Crippen molar-refractivity contribution < 1.29 is 13.2 Å². The van der Waals surface area contributed by atoms with Gasteiger partial charge in [0.1, 0.15) is 10.0 Å². The number of thiophene rings is 1. The average molecular weight is 476 g/mol. The van der Waals surface area contributed by atoms with Crippen molar-refractivity contribution in [1.29, 1.82) is 0 Å². The Morgan fingerprint density at radius 2 is 1.97 bits per heavy atom. The minimum Gasteiger partial charge on any atom is -0.317 e. The van der Waals surface area contributed by atoms with Gasteiger partial charge in [-0.25, -0.2) is 17.7 Å². The number of nitrogens with one attached hydrogen (secondary N) is 1. The lowest BCUT2D eigenvalue weighted by atomic mass is 9.95. The molecule has 1 amide bonds. The fourth-order valence-corrected chi connectivity index (χ4v) is 7.85. The molecule has 164 valence electrons. The number of hydrogen-bond acceptors (Lipinski definition) is 6. The summed E-state index contributed by atoms with van der Waals surface area (Å²) >= 11 is 3.33. The molecule has 1 N–H and O–H groups in total. The van der Waals surface area contributed by atoms with Crippen molar-refractivity contribution in [2.75, 3.05) is 24.7 Å². The van der Waals surface area contributed by atoms with E-state index in [1.165, 1.54) is 27.4 Å². The Morgan fingerprint density at radius 1 is 1.16 bits per heavy atom. The predicted octanol–water partition coefficient (Wildman–Crippen LogP) is 4.51. The van der Waals surface area contributed by atoms with Gasteiger partial charge in [-0.2, -0.15) is 0 Å². The van der Waals surface area contributed by atoms with E-state index >= 15 is 0 Å². The summed E-state index contributed by atoms with van der Waals surface area (Å²) in [6.45, 7) is 0.749. The van der Waals surface area contributed by atoms with Crippen LogP contribution in [-0.4, -0.2) is 43.0 Å². The van der Waals surface area contributed by atoms with Gasteiger partial charge in [0, 0.05) is 23.5 Å². The third kappa shape index (κ3) is 4.16. The third-order valence-electron chi connectivity index (χ3n) is 6.14. The molecule has 1 aliphatic heterocycles. The minimum absolute atomic E-state index is 0.0886. The maximum absolute atomic E-state index is 13.2. The molecule has 1 fully saturated rings. The lowest BCUT2D eigenvalue weighted by Gasteiger charge is -2.30. The second-order valence-electron chi connectivity index (χ2n) is 8.35. The molecule has 1 atom stereocenters. The first-order valence-corrected chi connectivity index (χ1v) is 14.1. The summed E-state index contributed by atoms with van der Waals surface area (Å²) in [5.41, 5.74) is 3.38. The zero-order chi connectivity index (χ0) is 21.6. The van der Waals surface area contributed by atoms with E-state index < -0.39 is 10.0 Å². The molecule has 1 aliphatic carbocycles. The van der Waals surface area contributed by atoms with Crippen LogP contribution >= 0.6 is 22.7 Å². The van der Waals surface area contributed by atoms with Crippen LogP contribution in [0.2, 0.25) is 0 Å². The van der Waals surface area contributed by atoms with Gasteiger partial charge in [-0.1, -0.05) is 12.1 Å². The Balaban J connectivity index is 1.48. The van der Waals surface area contributed by atoms with Crippen LogP contribution in [0.1, 0.15) is 36.1 Å². The zero-order valence-corrected chi connectivity index (χ0v) is 19.8. The summed E-state index contributed by atoms with van der Waals surface area (Å²) in [6, 6.07) is 8.12. The highest BCUT2D eigenvalue weighted by Gasteiger charge is 2.32. The van der Waals surface area contributed by atoms with Crippen molar-refractivity contribution in [2.24, 2.45) is 5.92 Å². The molecule has 3 aromatic rings. The molecular weight excluding hydrogens is 450 g/mol. The van der Waals surface area contributed by atoms with Gasteiger partial charge in [0.2, 0.25) is 15.9 Å². The van der Waals surface area contributed by atoms with E-state index in [1.54, 1.807) is 22.7 Å². The SMILES string of the molecule is CS(=O)(=O)N1CCCC(C(=O)Nc2sc3c(c2-c2nc4ccccc4s2)CCCC3)C1. The zero-order valence-electron chi connectivity index (χ0n) is 17.4. The summed E-state index contributed by atoms with van der Waals surface area (Å²) in [7, 11) is -3.29. The Hall–Kier alpha value is -1.81. The van der Waals surface area contributed by atoms with Crippen molar-refractivity contribution in [1.82, 2.24) is 9.29 Å². The van der Waals surface area contributed by atoms with Crippen LogP contribution in [0.5, 0.6) is 0 Å². The van der Waals surface area contributed by atoms with Crippen LogP contribution < -0.4 is 5.32 Å². The van der Waals surface area contributed by atoms with Crippen LogP contribution in [0.25, 0.3) is 20.8 Å². The van der Waals surface area contributed by atoms with Crippen LogP contribution in [0, 0.1) is 5.92 Å². The smallest absolute Gasteiger partial charge is 0.229 e. The summed E-state index contributed by atoms with van der Waals surface area (Å²) in [4.78, 5) is 19.4. The Bertz CT molecular complexity index is 1210. The molecule has 2 aromatic heterocycles. The predicted molar refractivity (Wildman–Crippen MR) is 127 cm³/mol. The highest BCUT2D eigenvalue weighted by Crippen LogP contribution is 2.46. The van der Waals surface area contributed by atoms with E-state index in [0.29, 0.717) is 19.4 Å². The Morgan fingerprint density at radius 3 is 2.77 bits per heavy atom. The highest BCUT2D eigenvalue weighted by atomic mass is 32.2. The van der Waals surface area contributed by atoms with Crippen LogP contribution in [0.4, 0.5) is 5.00 Å². The van der Waals surface area contributed by atoms with Crippen molar-refractivity contribution in [3.05, 3.63) is 34.7 Å². The van der Waals surface area contributed by atoms with Gasteiger partial charge < -0.3 is 5.32 Å². The lowest BCUT2D eigenvalue weighted by Crippen LogP contribution is -2.43. The number of aryl methyl sites for hydroxylation is 1. The number of benzene rings is 1. The number of thiazole rings is 1. The number of aromatic nitrogens is 1. The standard InChI is InChI=1S/C22H25N3O3S3/c1-31(27,28)25-12-6-7-14(13-25)20(26)24-22-19(15-8-2-4-10-17(15)29-22)21-23-16-9-3-5-11-18(16)30-21/h3,5,9,11,14H,2,4,6-8,10,12-13H2,1H3,(H,24,26). The number of amides is 1. The van der Waals surface area contributed by atoms with Crippen molar-refractivity contribution in [3.63, 3.8) is 0 Å². The molecule has 0 bridgehead atoms. The number of fused-ring (bicyclic) bond motifs is 2. The van der Waals surface area contributed by atoms with Gasteiger partial charge >= 0.3 is 0 Å². The monoisotopic (exact) mass is 475 g/mol. The summed E-state index contributed by atoms with van der Waals surface area (Å²) in [5, 5.41) is 5.00. The van der Waals surface area contributed by atoms with Crippen molar-refractivity contribution in [2.45, 2.75) is 38.5 Å². The molecule has 2 aliphatic rings. The second kappa shape index (κ2) is 8.27. The van der Waals surface area contributed by atoms with Gasteiger partial charge in [-0.15, -0.1) is 22.7 Å². The number of piperidine rings is 1. The van der Waals surface area contributed by atoms with Gasteiger partial charge in [-0.05, 0) is 56.2 Å². The van der Waals surface area contributed by atoms with Crippen molar-refractivity contribution in [3.8, 4) is 10.6 Å². The maximum Gasteiger partial charge on any atom is 0.229 e. The summed E-state index contributed by atoms with van der Waals surface area (Å²) in [5.74, 6) is -0.417. The van der Waals surface area contributed by atoms with E-state index in [9.17, 15) is 13.2 Å². The number of carbonyl (C=O) groups excluding carboxylic acids is 1. The molecule has 0 spiro atoms. The fourth-order valence-electron chi connectivity index (χ4n) is 4.53. The maximum atomic E-state index is 13.2. The largest absolute Gasteiger partial charge is 0.317 e. The van der Waals surface area contributed by atoms with Crippen LogP contribution in [-0.2, 0) is 27.7 Å². The molecule has 6 nitrogen and oxygen atoms in total. The molecule has 1 unspecified atom stereocenters. The minimum atomic E-state index is -3.29. The van der Waals surface area contributed by atoms with E-state index in [0.717, 1.165) is 45.1 Å². The second-order valence-corrected chi connectivity index (χ2v) is 12.5. The number of para-hydroxylation sites is 1. The molecular formula is C22H25N3O3S3. The number of carbonyl (C=O) groups is 1. The van der Waals surface area contributed by atoms with E-state index in [-0.39, 0.29) is 18.4 Å². The number of rotatable bonds is 4. The van der Waals surface area contributed by atoms with Crippen molar-refractivity contribution >= 4 is 53.8 Å². The first kappa shape index (κ1) is 21.1. The van der Waals surface area contributed by atoms with Gasteiger partial charge in [-0.3, -0.25) is 4.79 Å². The average Bonchev–Trinajstić information content (AvgIpc) is 3.33. The quantitative estimate of drug-likeness (QED) is 0.602. The first-order chi connectivity index (χ1) is 14.9. The van der Waals surface area contributed by atoms with Crippen LogP contribution in [0.3, 0.4) is 0 Å². The van der Waals surface area contributed by atoms with E-state index in [4.69, 9.17) is 4.98 Å². The highest BCUT2D eigenvalue weighted by molar-refractivity contribution is 7.88. The molecule has 1 aromatic carbocycles. The Labute approximate surface area is 190 Å². The van der Waals surface area contributed by atoms with Crippen LogP contribution in [0.15, 0.2) is 24.3 Å². The third-order valence-corrected chi connectivity index (χ3v) is 9.67. The van der Waals surface area contributed by atoms with E-state index in [1.807, 2.05) is 18.2 Å². The molecule has 31 heavy (non-hydrogen) atoms. The molecule has 0 radical (unpaired) electrons. The number of hydrogen-bond donors (Lipinski definition) is 1. The number of sulfonamides is 1. The number of anilines is 1. The Kier molecular flexibility index (Phi) is 5.62. The first-order valence-electron chi connectivity index (χ1n) is 10.7. The van der Waals surface area contributed by atoms with Gasteiger partial charge in [0.05, 0.1) is 22.4 Å². The number of nitrogens with zero attached hydrogens (tertiary/aromatic N) is 2. The van der Waals surface area contributed by atoms with Gasteiger partial charge in [0.15, 0.2) is 0 Å². The lowest BCUT2D eigenvalue weighted by molar-refractivity contribution is -0.120. The fraction of sp³-hybridized carbons (Fsp3) is 0.455. The molecule has 0 saturated carbocycles. The molecule has 9 heteroatoms. The summed E-state index contributed by atoms with van der Waals surface area (Å²) < 4.78 is 26.5. The molecule has 5 rings (SSSR count). The summed E-state index contributed by atoms with van der Waals surface area (Å²) in [6.07, 6.45) is 7.01. The van der Waals surface area contributed by atoms with Gasteiger partial charge in [0.25, 0.3) is 0 Å². The normalized spacial score (nSPS) is 20.0. The topological polar surface area (TPSA) is 79.4 Å².